The first kappa shape index (κ1) is 26.2. The van der Waals surface area contributed by atoms with E-state index in [0.29, 0.717) is 0 Å². The van der Waals surface area contributed by atoms with Crippen molar-refractivity contribution >= 4 is 20.6 Å². The van der Waals surface area contributed by atoms with Crippen LogP contribution < -0.4 is 0 Å². The highest BCUT2D eigenvalue weighted by atomic mass is 32.2. The highest BCUT2D eigenvalue weighted by Crippen LogP contribution is 2.28. The van der Waals surface area contributed by atoms with Crippen molar-refractivity contribution in [2.45, 2.75) is 102 Å². The van der Waals surface area contributed by atoms with Crippen LogP contribution in [0.15, 0.2) is 11.5 Å². The first-order chi connectivity index (χ1) is 12.7. The SMILES string of the molecule is CCCCCCCCCCCCCC=CSC(CC)[Si](OC)(OC)OC. The maximum absolute atomic E-state index is 5.60. The summed E-state index contributed by atoms with van der Waals surface area (Å²) in [4.78, 5) is 0.260. The lowest BCUT2D eigenvalue weighted by molar-refractivity contribution is 0.121. The number of unbranched alkanes of at least 4 members (excludes halogenated alkanes) is 11. The molecule has 0 amide bonds. The third kappa shape index (κ3) is 11.8. The van der Waals surface area contributed by atoms with Crippen LogP contribution in [-0.2, 0) is 13.3 Å². The van der Waals surface area contributed by atoms with Gasteiger partial charge >= 0.3 is 8.80 Å². The average molecular weight is 405 g/mol. The zero-order valence-corrected chi connectivity index (χ0v) is 19.9. The minimum Gasteiger partial charge on any atom is -0.376 e. The van der Waals surface area contributed by atoms with Crippen LogP contribution in [-0.4, -0.2) is 35.0 Å². The minimum atomic E-state index is -2.54. The third-order valence-electron chi connectivity index (χ3n) is 4.93. The average Bonchev–Trinajstić information content (AvgIpc) is 2.68. The van der Waals surface area contributed by atoms with Crippen molar-refractivity contribution in [1.82, 2.24) is 0 Å². The lowest BCUT2D eigenvalue weighted by Gasteiger charge is -2.30. The molecule has 0 aromatic heterocycles. The third-order valence-corrected chi connectivity index (χ3v) is 10.1. The van der Waals surface area contributed by atoms with E-state index in [0.717, 1.165) is 6.42 Å². The van der Waals surface area contributed by atoms with Crippen LogP contribution in [0.1, 0.15) is 97.3 Å². The Morgan fingerprint density at radius 2 is 1.19 bits per heavy atom. The molecule has 0 fully saturated rings. The summed E-state index contributed by atoms with van der Waals surface area (Å²) < 4.78 is 16.8. The fourth-order valence-electron chi connectivity index (χ4n) is 3.22. The molecule has 0 bridgehead atoms. The Kier molecular flexibility index (Phi) is 18.7. The Morgan fingerprint density at radius 3 is 1.62 bits per heavy atom. The zero-order chi connectivity index (χ0) is 19.5. The van der Waals surface area contributed by atoms with Gasteiger partial charge in [0.25, 0.3) is 0 Å². The minimum absolute atomic E-state index is 0.260. The normalized spacial score (nSPS) is 13.6. The summed E-state index contributed by atoms with van der Waals surface area (Å²) in [6.45, 7) is 4.44. The molecule has 0 aliphatic carbocycles. The van der Waals surface area contributed by atoms with Crippen LogP contribution in [0, 0.1) is 0 Å². The largest absolute Gasteiger partial charge is 0.514 e. The van der Waals surface area contributed by atoms with Crippen LogP contribution in [0.4, 0.5) is 0 Å². The molecule has 3 nitrogen and oxygen atoms in total. The van der Waals surface area contributed by atoms with Crippen LogP contribution >= 0.6 is 11.8 Å². The molecule has 1 unspecified atom stereocenters. The Morgan fingerprint density at radius 1 is 0.731 bits per heavy atom. The fourth-order valence-corrected chi connectivity index (χ4v) is 7.41. The smallest absolute Gasteiger partial charge is 0.376 e. The van der Waals surface area contributed by atoms with Gasteiger partial charge in [0.1, 0.15) is 0 Å². The van der Waals surface area contributed by atoms with Crippen molar-refractivity contribution in [2.75, 3.05) is 21.3 Å². The molecule has 0 saturated carbocycles. The number of hydrogen-bond acceptors (Lipinski definition) is 4. The molecule has 26 heavy (non-hydrogen) atoms. The van der Waals surface area contributed by atoms with Gasteiger partial charge in [-0.25, -0.2) is 0 Å². The molecule has 0 rings (SSSR count). The van der Waals surface area contributed by atoms with E-state index in [-0.39, 0.29) is 4.87 Å². The molecule has 0 spiro atoms. The molecule has 5 heteroatoms. The van der Waals surface area contributed by atoms with Crippen LogP contribution in [0.3, 0.4) is 0 Å². The van der Waals surface area contributed by atoms with Crippen molar-refractivity contribution in [3.63, 3.8) is 0 Å². The highest BCUT2D eigenvalue weighted by Gasteiger charge is 2.46. The van der Waals surface area contributed by atoms with E-state index in [1.165, 1.54) is 77.0 Å². The Balaban J connectivity index is 3.66. The second kappa shape index (κ2) is 18.5. The molecule has 0 aliphatic rings. The lowest BCUT2D eigenvalue weighted by atomic mass is 10.1. The molecule has 0 aliphatic heterocycles. The molecule has 0 radical (unpaired) electrons. The van der Waals surface area contributed by atoms with Gasteiger partial charge in [-0.3, -0.25) is 0 Å². The molecule has 1 atom stereocenters. The number of hydrogen-bond donors (Lipinski definition) is 0. The maximum Gasteiger partial charge on any atom is 0.514 e. The monoisotopic (exact) mass is 404 g/mol. The summed E-state index contributed by atoms with van der Waals surface area (Å²) in [7, 11) is 2.54. The molecule has 0 heterocycles. The van der Waals surface area contributed by atoms with Crippen LogP contribution in [0.5, 0.6) is 0 Å². The zero-order valence-electron chi connectivity index (χ0n) is 18.1. The topological polar surface area (TPSA) is 27.7 Å². The summed E-state index contributed by atoms with van der Waals surface area (Å²) in [5.74, 6) is 0. The number of rotatable bonds is 19. The molecule has 0 N–H and O–H groups in total. The summed E-state index contributed by atoms with van der Waals surface area (Å²) in [6, 6.07) is 0. The fraction of sp³-hybridized carbons (Fsp3) is 0.905. The van der Waals surface area contributed by atoms with E-state index in [2.05, 4.69) is 25.3 Å². The van der Waals surface area contributed by atoms with Gasteiger partial charge in [-0.15, -0.1) is 11.8 Å². The number of allylic oxidation sites excluding steroid dienone is 1. The molecule has 0 aromatic carbocycles. The van der Waals surface area contributed by atoms with Gasteiger partial charge in [0.05, 0.1) is 4.87 Å². The number of thioether (sulfide) groups is 1. The highest BCUT2D eigenvalue weighted by molar-refractivity contribution is 8.04. The van der Waals surface area contributed by atoms with E-state index >= 15 is 0 Å². The van der Waals surface area contributed by atoms with Crippen molar-refractivity contribution in [2.24, 2.45) is 0 Å². The van der Waals surface area contributed by atoms with Gasteiger partial charge in [-0.05, 0) is 24.7 Å². The first-order valence-electron chi connectivity index (χ1n) is 10.7. The van der Waals surface area contributed by atoms with E-state index in [9.17, 15) is 0 Å². The second-order valence-electron chi connectivity index (χ2n) is 6.94. The van der Waals surface area contributed by atoms with Crippen molar-refractivity contribution in [3.05, 3.63) is 11.5 Å². The van der Waals surface area contributed by atoms with E-state index in [4.69, 9.17) is 13.3 Å². The Bertz CT molecular complexity index is 314. The predicted molar refractivity (Wildman–Crippen MR) is 119 cm³/mol. The summed E-state index contributed by atoms with van der Waals surface area (Å²) in [5, 5.41) is 2.21. The molecular formula is C21H44O3SSi. The summed E-state index contributed by atoms with van der Waals surface area (Å²) in [6.07, 6.45) is 19.8. The molecule has 0 aromatic rings. The van der Waals surface area contributed by atoms with Crippen molar-refractivity contribution in [1.29, 1.82) is 0 Å². The molecule has 0 saturated heterocycles. The van der Waals surface area contributed by atoms with Gasteiger partial charge in [0.15, 0.2) is 0 Å². The lowest BCUT2D eigenvalue weighted by Crippen LogP contribution is -2.52. The van der Waals surface area contributed by atoms with Gasteiger partial charge in [-0.1, -0.05) is 84.1 Å². The second-order valence-corrected chi connectivity index (χ2v) is 11.6. The quantitative estimate of drug-likeness (QED) is 0.169. The summed E-state index contributed by atoms with van der Waals surface area (Å²) >= 11 is 1.79. The van der Waals surface area contributed by atoms with Gasteiger partial charge in [-0.2, -0.15) is 0 Å². The van der Waals surface area contributed by atoms with Gasteiger partial charge in [0.2, 0.25) is 0 Å². The van der Waals surface area contributed by atoms with Crippen LogP contribution in [0.25, 0.3) is 0 Å². The van der Waals surface area contributed by atoms with E-state index in [1.807, 2.05) is 0 Å². The maximum atomic E-state index is 5.60. The standard InChI is InChI=1S/C21H44O3SSi/c1-6-8-9-10-11-12-13-14-15-16-17-18-19-20-25-21(7-2)26(22-3,23-4)24-5/h19-21H,6-18H2,1-5H3. The van der Waals surface area contributed by atoms with Crippen molar-refractivity contribution in [3.8, 4) is 0 Å². The Labute approximate surface area is 169 Å². The predicted octanol–water partition coefficient (Wildman–Crippen LogP) is 7.13. The van der Waals surface area contributed by atoms with Crippen LogP contribution in [0.2, 0.25) is 0 Å². The van der Waals surface area contributed by atoms with Gasteiger partial charge < -0.3 is 13.3 Å². The van der Waals surface area contributed by atoms with Gasteiger partial charge in [0, 0.05) is 21.3 Å². The Hall–Kier alpha value is 0.187. The van der Waals surface area contributed by atoms with Crippen molar-refractivity contribution < 1.29 is 13.3 Å². The first-order valence-corrected chi connectivity index (χ1v) is 13.4. The summed E-state index contributed by atoms with van der Waals surface area (Å²) in [5.41, 5.74) is 0. The van der Waals surface area contributed by atoms with E-state index in [1.54, 1.807) is 33.1 Å². The van der Waals surface area contributed by atoms with E-state index < -0.39 is 8.80 Å². The molecule has 156 valence electrons. The molecular weight excluding hydrogens is 360 g/mol.